The van der Waals surface area contributed by atoms with E-state index in [0.29, 0.717) is 10.5 Å². The molecule has 1 aromatic rings. The van der Waals surface area contributed by atoms with Crippen molar-refractivity contribution < 1.29 is 24.6 Å². The largest absolute Gasteiger partial charge is 0.492 e. The molecule has 6 nitrogen and oxygen atoms in total. The molecule has 0 spiro atoms. The van der Waals surface area contributed by atoms with Crippen LogP contribution in [-0.2, 0) is 9.59 Å². The van der Waals surface area contributed by atoms with Gasteiger partial charge in [-0.3, -0.25) is 4.79 Å². The van der Waals surface area contributed by atoms with Crippen molar-refractivity contribution in [3.63, 3.8) is 0 Å². The molecule has 7 heteroatoms. The Morgan fingerprint density at radius 3 is 2.44 bits per heavy atom. The van der Waals surface area contributed by atoms with Crippen LogP contribution in [0.3, 0.4) is 0 Å². The molecule has 0 atom stereocenters. The normalized spacial score (nSPS) is 10.1. The first-order valence-corrected chi connectivity index (χ1v) is 5.43. The first-order chi connectivity index (χ1) is 7.50. The highest BCUT2D eigenvalue weighted by Gasteiger charge is 2.12. The Labute approximate surface area is 95.8 Å². The van der Waals surface area contributed by atoms with Gasteiger partial charge in [0, 0.05) is 24.8 Å². The maximum atomic E-state index is 11.2. The van der Waals surface area contributed by atoms with Crippen LogP contribution in [-0.4, -0.2) is 31.8 Å². The van der Waals surface area contributed by atoms with E-state index in [0.717, 1.165) is 11.8 Å². The quantitative estimate of drug-likeness (QED) is 0.804. The summed E-state index contributed by atoms with van der Waals surface area (Å²) in [4.78, 5) is 26.4. The van der Waals surface area contributed by atoms with Gasteiger partial charge < -0.3 is 15.1 Å². The van der Waals surface area contributed by atoms with Crippen molar-refractivity contribution in [2.24, 2.45) is 0 Å². The second-order valence-corrected chi connectivity index (χ2v) is 4.17. The SMILES string of the molecule is CC(=O)SCCC(=O)On1c(O)ccc1O. The average Bonchev–Trinajstić information content (AvgIpc) is 2.49. The molecular weight excluding hydrogens is 234 g/mol. The average molecular weight is 245 g/mol. The van der Waals surface area contributed by atoms with Crippen molar-refractivity contribution in [1.82, 2.24) is 4.73 Å². The molecule has 1 heterocycles. The molecule has 1 rings (SSSR count). The Morgan fingerprint density at radius 2 is 1.94 bits per heavy atom. The van der Waals surface area contributed by atoms with E-state index in [-0.39, 0.29) is 23.3 Å². The molecule has 0 radical (unpaired) electrons. The molecule has 2 N–H and O–H groups in total. The lowest BCUT2D eigenvalue weighted by Gasteiger charge is -2.05. The summed E-state index contributed by atoms with van der Waals surface area (Å²) < 4.78 is 0.612. The molecule has 0 aliphatic heterocycles. The van der Waals surface area contributed by atoms with Crippen molar-refractivity contribution >= 4 is 22.8 Å². The van der Waals surface area contributed by atoms with Gasteiger partial charge in [0.05, 0.1) is 6.42 Å². The van der Waals surface area contributed by atoms with Crippen LogP contribution in [0.1, 0.15) is 13.3 Å². The van der Waals surface area contributed by atoms with Crippen molar-refractivity contribution in [2.75, 3.05) is 5.75 Å². The Bertz CT molecular complexity index is 381. The van der Waals surface area contributed by atoms with Gasteiger partial charge in [-0.1, -0.05) is 11.8 Å². The summed E-state index contributed by atoms with van der Waals surface area (Å²) in [5, 5.41) is 18.2. The number of aromatic hydroxyl groups is 2. The summed E-state index contributed by atoms with van der Waals surface area (Å²) in [7, 11) is 0. The minimum Gasteiger partial charge on any atom is -0.492 e. The van der Waals surface area contributed by atoms with Crippen molar-refractivity contribution in [3.8, 4) is 11.8 Å². The molecule has 0 amide bonds. The van der Waals surface area contributed by atoms with E-state index in [1.165, 1.54) is 19.1 Å². The zero-order chi connectivity index (χ0) is 12.1. The van der Waals surface area contributed by atoms with Gasteiger partial charge in [-0.25, -0.2) is 4.79 Å². The van der Waals surface area contributed by atoms with E-state index in [1.807, 2.05) is 0 Å². The summed E-state index contributed by atoms with van der Waals surface area (Å²) in [6.07, 6.45) is 0.0152. The van der Waals surface area contributed by atoms with E-state index in [1.54, 1.807) is 0 Å². The number of thioether (sulfide) groups is 1. The lowest BCUT2D eigenvalue weighted by Crippen LogP contribution is -2.19. The number of aromatic nitrogens is 1. The van der Waals surface area contributed by atoms with Gasteiger partial charge in [0.1, 0.15) is 0 Å². The van der Waals surface area contributed by atoms with E-state index in [9.17, 15) is 9.59 Å². The van der Waals surface area contributed by atoms with Crippen LogP contribution in [0.15, 0.2) is 12.1 Å². The fraction of sp³-hybridized carbons (Fsp3) is 0.333. The summed E-state index contributed by atoms with van der Waals surface area (Å²) in [5.74, 6) is -1.08. The van der Waals surface area contributed by atoms with Crippen LogP contribution in [0.4, 0.5) is 0 Å². The predicted molar refractivity (Wildman–Crippen MR) is 57.1 cm³/mol. The van der Waals surface area contributed by atoms with Gasteiger partial charge >= 0.3 is 5.97 Å². The summed E-state index contributed by atoms with van der Waals surface area (Å²) in [5.41, 5.74) is 0. The van der Waals surface area contributed by atoms with Crippen LogP contribution >= 0.6 is 11.8 Å². The lowest BCUT2D eigenvalue weighted by atomic mass is 10.5. The summed E-state index contributed by atoms with van der Waals surface area (Å²) in [6, 6.07) is 2.37. The van der Waals surface area contributed by atoms with Gasteiger partial charge in [-0.15, -0.1) is 4.73 Å². The van der Waals surface area contributed by atoms with Crippen molar-refractivity contribution in [3.05, 3.63) is 12.1 Å². The van der Waals surface area contributed by atoms with Crippen LogP contribution in [0.5, 0.6) is 11.8 Å². The van der Waals surface area contributed by atoms with Gasteiger partial charge in [0.15, 0.2) is 5.12 Å². The Hall–Kier alpha value is -1.63. The monoisotopic (exact) mass is 245 g/mol. The highest BCUT2D eigenvalue weighted by atomic mass is 32.2. The molecule has 88 valence electrons. The maximum Gasteiger partial charge on any atom is 0.334 e. The highest BCUT2D eigenvalue weighted by Crippen LogP contribution is 2.18. The number of carbonyl (C=O) groups excluding carboxylic acids is 2. The van der Waals surface area contributed by atoms with Gasteiger partial charge in [-0.05, 0) is 0 Å². The van der Waals surface area contributed by atoms with Crippen molar-refractivity contribution in [2.45, 2.75) is 13.3 Å². The van der Waals surface area contributed by atoms with Crippen LogP contribution in [0, 0.1) is 0 Å². The standard InChI is InChI=1S/C9H11NO5S/c1-6(11)16-5-4-9(14)15-10-7(12)2-3-8(10)13/h2-3,12-13H,4-5H2,1H3. The first-order valence-electron chi connectivity index (χ1n) is 4.45. The smallest absolute Gasteiger partial charge is 0.334 e. The van der Waals surface area contributed by atoms with Crippen LogP contribution in [0.2, 0.25) is 0 Å². The van der Waals surface area contributed by atoms with E-state index < -0.39 is 5.97 Å². The fourth-order valence-corrected chi connectivity index (χ4v) is 1.48. The van der Waals surface area contributed by atoms with Gasteiger partial charge in [0.2, 0.25) is 11.8 Å². The third-order valence-electron chi connectivity index (χ3n) is 1.60. The zero-order valence-corrected chi connectivity index (χ0v) is 9.36. The molecule has 0 saturated carbocycles. The molecule has 0 bridgehead atoms. The first kappa shape index (κ1) is 12.4. The number of nitrogens with zero attached hydrogens (tertiary/aromatic N) is 1. The molecule has 0 aromatic carbocycles. The van der Waals surface area contributed by atoms with E-state index in [4.69, 9.17) is 10.2 Å². The molecule has 0 saturated heterocycles. The molecule has 0 aliphatic rings. The Morgan fingerprint density at radius 1 is 1.38 bits per heavy atom. The second kappa shape index (κ2) is 5.45. The number of hydrogen-bond acceptors (Lipinski definition) is 6. The van der Waals surface area contributed by atoms with Crippen LogP contribution < -0.4 is 4.84 Å². The van der Waals surface area contributed by atoms with Gasteiger partial charge in [0.25, 0.3) is 0 Å². The molecular formula is C9H11NO5S. The third kappa shape index (κ3) is 3.50. The maximum absolute atomic E-state index is 11.2. The summed E-state index contributed by atoms with van der Waals surface area (Å²) in [6.45, 7) is 1.40. The third-order valence-corrected chi connectivity index (χ3v) is 2.42. The molecule has 0 unspecified atom stereocenters. The fourth-order valence-electron chi connectivity index (χ4n) is 0.921. The Balaban J connectivity index is 2.43. The molecule has 0 fully saturated rings. The summed E-state index contributed by atoms with van der Waals surface area (Å²) >= 11 is 1.01. The lowest BCUT2D eigenvalue weighted by molar-refractivity contribution is -0.144. The molecule has 0 aliphatic carbocycles. The van der Waals surface area contributed by atoms with Gasteiger partial charge in [-0.2, -0.15) is 0 Å². The number of rotatable bonds is 4. The second-order valence-electron chi connectivity index (χ2n) is 2.90. The number of carbonyl (C=O) groups is 2. The molecule has 1 aromatic heterocycles. The predicted octanol–water partition coefficient (Wildman–Crippen LogP) is 0.524. The van der Waals surface area contributed by atoms with Crippen molar-refractivity contribution in [1.29, 1.82) is 0 Å². The van der Waals surface area contributed by atoms with E-state index in [2.05, 4.69) is 4.84 Å². The topological polar surface area (TPSA) is 88.8 Å². The minimum absolute atomic E-state index is 0.0152. The molecule has 16 heavy (non-hydrogen) atoms. The number of hydrogen-bond donors (Lipinski definition) is 2. The zero-order valence-electron chi connectivity index (χ0n) is 8.54. The Kier molecular flexibility index (Phi) is 4.24. The van der Waals surface area contributed by atoms with E-state index >= 15 is 0 Å². The highest BCUT2D eigenvalue weighted by molar-refractivity contribution is 8.13. The minimum atomic E-state index is -0.643. The van der Waals surface area contributed by atoms with Crippen LogP contribution in [0.25, 0.3) is 0 Å².